The van der Waals surface area contributed by atoms with Crippen LogP contribution in [0.25, 0.3) is 0 Å². The minimum absolute atomic E-state index is 1.02. The molecule has 0 radical (unpaired) electrons. The van der Waals surface area contributed by atoms with Crippen LogP contribution in [0.15, 0.2) is 0 Å². The van der Waals surface area contributed by atoms with Crippen molar-refractivity contribution in [1.29, 1.82) is 0 Å². The molecule has 0 spiro atoms. The van der Waals surface area contributed by atoms with E-state index in [9.17, 15) is 0 Å². The predicted octanol–water partition coefficient (Wildman–Crippen LogP) is 11.0. The van der Waals surface area contributed by atoms with E-state index >= 15 is 0 Å². The zero-order valence-electron chi connectivity index (χ0n) is 20.5. The van der Waals surface area contributed by atoms with Crippen molar-refractivity contribution in [2.75, 3.05) is 0 Å². The Kier molecular flexibility index (Phi) is 25.0. The van der Waals surface area contributed by atoms with E-state index in [1.807, 2.05) is 0 Å². The molecule has 0 amide bonds. The summed E-state index contributed by atoms with van der Waals surface area (Å²) in [5.74, 6) is 1.02. The SMILES string of the molecule is CCCCCCCCCCCCCCCC(CC)CCCCCCCCCC. The van der Waals surface area contributed by atoms with Gasteiger partial charge in [0.25, 0.3) is 0 Å². The van der Waals surface area contributed by atoms with Gasteiger partial charge in [0.15, 0.2) is 0 Å². The van der Waals surface area contributed by atoms with E-state index in [-0.39, 0.29) is 0 Å². The maximum atomic E-state index is 2.41. The van der Waals surface area contributed by atoms with E-state index in [1.54, 1.807) is 0 Å². The summed E-state index contributed by atoms with van der Waals surface area (Å²) in [5, 5.41) is 0. The van der Waals surface area contributed by atoms with Crippen molar-refractivity contribution in [2.24, 2.45) is 5.92 Å². The number of rotatable bonds is 24. The summed E-state index contributed by atoms with van der Waals surface area (Å²) in [6.45, 7) is 7.03. The maximum Gasteiger partial charge on any atom is -0.0417 e. The van der Waals surface area contributed by atoms with Crippen molar-refractivity contribution >= 4 is 0 Å². The monoisotopic (exact) mass is 394 g/mol. The number of unbranched alkanes of at least 4 members (excludes halogenated alkanes) is 19. The first kappa shape index (κ1) is 28.0. The molecular weight excluding hydrogens is 336 g/mol. The first-order valence-corrected chi connectivity index (χ1v) is 13.8. The van der Waals surface area contributed by atoms with Gasteiger partial charge in [0.2, 0.25) is 0 Å². The van der Waals surface area contributed by atoms with Crippen LogP contribution in [0, 0.1) is 5.92 Å². The molecule has 1 atom stereocenters. The highest BCUT2D eigenvalue weighted by Crippen LogP contribution is 2.22. The Balaban J connectivity index is 3.25. The minimum Gasteiger partial charge on any atom is -0.0654 e. The van der Waals surface area contributed by atoms with Gasteiger partial charge in [-0.2, -0.15) is 0 Å². The van der Waals surface area contributed by atoms with Crippen LogP contribution in [0.5, 0.6) is 0 Å². The third-order valence-corrected chi connectivity index (χ3v) is 6.76. The fourth-order valence-electron chi connectivity index (χ4n) is 4.57. The van der Waals surface area contributed by atoms with E-state index in [0.29, 0.717) is 0 Å². The van der Waals surface area contributed by atoms with Gasteiger partial charge < -0.3 is 0 Å². The molecule has 0 N–H and O–H groups in total. The van der Waals surface area contributed by atoms with Crippen molar-refractivity contribution < 1.29 is 0 Å². The Morgan fingerprint density at radius 1 is 0.321 bits per heavy atom. The molecule has 0 aromatic rings. The number of hydrogen-bond donors (Lipinski definition) is 0. The molecule has 0 saturated carbocycles. The zero-order chi connectivity index (χ0) is 20.5. The van der Waals surface area contributed by atoms with E-state index in [2.05, 4.69) is 20.8 Å². The van der Waals surface area contributed by atoms with Crippen LogP contribution in [0.1, 0.15) is 175 Å². The van der Waals surface area contributed by atoms with E-state index < -0.39 is 0 Å². The molecule has 0 fully saturated rings. The quantitative estimate of drug-likeness (QED) is 0.143. The molecule has 0 aliphatic heterocycles. The summed E-state index contributed by atoms with van der Waals surface area (Å²) >= 11 is 0. The Morgan fingerprint density at radius 2 is 0.571 bits per heavy atom. The standard InChI is InChI=1S/C28H58/c1-4-7-9-11-13-15-16-17-18-19-21-23-25-27-28(6-3)26-24-22-20-14-12-10-8-5-2/h28H,4-27H2,1-3H3. The molecule has 0 heterocycles. The summed E-state index contributed by atoms with van der Waals surface area (Å²) in [4.78, 5) is 0. The largest absolute Gasteiger partial charge is 0.0654 e. The highest BCUT2D eigenvalue weighted by molar-refractivity contribution is 4.59. The van der Waals surface area contributed by atoms with Gasteiger partial charge in [0.05, 0.1) is 0 Å². The second-order valence-corrected chi connectivity index (χ2v) is 9.57. The third kappa shape index (κ3) is 22.3. The molecule has 28 heavy (non-hydrogen) atoms. The molecular formula is C28H58. The molecule has 0 heteroatoms. The van der Waals surface area contributed by atoms with E-state index in [1.165, 1.54) is 154 Å². The summed E-state index contributed by atoms with van der Waals surface area (Å²) in [5.41, 5.74) is 0. The van der Waals surface area contributed by atoms with E-state index in [4.69, 9.17) is 0 Å². The molecule has 0 aromatic heterocycles. The van der Waals surface area contributed by atoms with Crippen molar-refractivity contribution in [1.82, 2.24) is 0 Å². The zero-order valence-corrected chi connectivity index (χ0v) is 20.5. The van der Waals surface area contributed by atoms with Crippen molar-refractivity contribution in [2.45, 2.75) is 175 Å². The molecule has 0 aromatic carbocycles. The van der Waals surface area contributed by atoms with Crippen molar-refractivity contribution in [3.05, 3.63) is 0 Å². The van der Waals surface area contributed by atoms with Crippen molar-refractivity contribution in [3.63, 3.8) is 0 Å². The minimum atomic E-state index is 1.02. The highest BCUT2D eigenvalue weighted by Gasteiger charge is 2.06. The third-order valence-electron chi connectivity index (χ3n) is 6.76. The molecule has 1 unspecified atom stereocenters. The second-order valence-electron chi connectivity index (χ2n) is 9.57. The predicted molar refractivity (Wildman–Crippen MR) is 131 cm³/mol. The van der Waals surface area contributed by atoms with Crippen LogP contribution in [0.3, 0.4) is 0 Å². The smallest absolute Gasteiger partial charge is 0.0417 e. The molecule has 0 rings (SSSR count). The number of hydrogen-bond acceptors (Lipinski definition) is 0. The summed E-state index contributed by atoms with van der Waals surface area (Å²) in [7, 11) is 0. The lowest BCUT2D eigenvalue weighted by Gasteiger charge is -2.14. The van der Waals surface area contributed by atoms with Gasteiger partial charge in [0, 0.05) is 0 Å². The first-order valence-electron chi connectivity index (χ1n) is 13.8. The van der Waals surface area contributed by atoms with Crippen LogP contribution < -0.4 is 0 Å². The van der Waals surface area contributed by atoms with Gasteiger partial charge in [0.1, 0.15) is 0 Å². The topological polar surface area (TPSA) is 0 Å². The average molecular weight is 395 g/mol. The molecule has 170 valence electrons. The lowest BCUT2D eigenvalue weighted by atomic mass is 9.92. The summed E-state index contributed by atoms with van der Waals surface area (Å²) < 4.78 is 0. The normalized spacial score (nSPS) is 12.5. The Hall–Kier alpha value is 0. The van der Waals surface area contributed by atoms with Crippen LogP contribution in [-0.2, 0) is 0 Å². The average Bonchev–Trinajstić information content (AvgIpc) is 2.71. The van der Waals surface area contributed by atoms with Crippen LogP contribution in [0.4, 0.5) is 0 Å². The van der Waals surface area contributed by atoms with Gasteiger partial charge >= 0.3 is 0 Å². The molecule has 0 nitrogen and oxygen atoms in total. The highest BCUT2D eigenvalue weighted by atomic mass is 14.1. The van der Waals surface area contributed by atoms with Gasteiger partial charge in [-0.1, -0.05) is 175 Å². The molecule has 0 saturated heterocycles. The lowest BCUT2D eigenvalue weighted by molar-refractivity contribution is 0.392. The van der Waals surface area contributed by atoms with Crippen LogP contribution >= 0.6 is 0 Å². The van der Waals surface area contributed by atoms with Crippen LogP contribution in [0.2, 0.25) is 0 Å². The Bertz CT molecular complexity index is 257. The lowest BCUT2D eigenvalue weighted by Crippen LogP contribution is -1.99. The van der Waals surface area contributed by atoms with Crippen molar-refractivity contribution in [3.8, 4) is 0 Å². The van der Waals surface area contributed by atoms with Gasteiger partial charge in [-0.3, -0.25) is 0 Å². The van der Waals surface area contributed by atoms with Crippen LogP contribution in [-0.4, -0.2) is 0 Å². The van der Waals surface area contributed by atoms with Gasteiger partial charge in [-0.25, -0.2) is 0 Å². The first-order chi connectivity index (χ1) is 13.8. The molecule has 0 aliphatic carbocycles. The fraction of sp³-hybridized carbons (Fsp3) is 1.00. The summed E-state index contributed by atoms with van der Waals surface area (Å²) in [6.07, 6.45) is 35.3. The fourth-order valence-corrected chi connectivity index (χ4v) is 4.57. The van der Waals surface area contributed by atoms with E-state index in [0.717, 1.165) is 5.92 Å². The molecule has 0 aliphatic rings. The maximum absolute atomic E-state index is 2.41. The Labute approximate surface area is 181 Å². The van der Waals surface area contributed by atoms with Gasteiger partial charge in [-0.05, 0) is 5.92 Å². The Morgan fingerprint density at radius 3 is 0.821 bits per heavy atom. The second kappa shape index (κ2) is 25.0. The molecule has 0 bridgehead atoms. The van der Waals surface area contributed by atoms with Gasteiger partial charge in [-0.15, -0.1) is 0 Å². The summed E-state index contributed by atoms with van der Waals surface area (Å²) in [6, 6.07) is 0.